The zero-order valence-corrected chi connectivity index (χ0v) is 14.0. The first-order valence-corrected chi connectivity index (χ1v) is 8.99. The van der Waals surface area contributed by atoms with Crippen LogP contribution in [-0.4, -0.2) is 38.5 Å². The second kappa shape index (κ2) is 6.57. The van der Waals surface area contributed by atoms with Crippen LogP contribution in [0.4, 0.5) is 0 Å². The van der Waals surface area contributed by atoms with Crippen LogP contribution in [0, 0.1) is 0 Å². The lowest BCUT2D eigenvalue weighted by atomic mass is 9.97. The van der Waals surface area contributed by atoms with E-state index in [9.17, 15) is 4.79 Å². The second-order valence-corrected chi connectivity index (χ2v) is 6.94. The Bertz CT molecular complexity index is 868. The molecule has 1 amide bonds. The van der Waals surface area contributed by atoms with Crippen LogP contribution in [0.3, 0.4) is 0 Å². The number of hydrogen-bond acceptors (Lipinski definition) is 4. The first-order chi connectivity index (χ1) is 11.8. The molecule has 3 aromatic heterocycles. The molecule has 0 N–H and O–H groups in total. The van der Waals surface area contributed by atoms with Crippen molar-refractivity contribution in [2.45, 2.75) is 18.8 Å². The summed E-state index contributed by atoms with van der Waals surface area (Å²) >= 11 is 1.63. The number of piperidine rings is 1. The molecule has 24 heavy (non-hydrogen) atoms. The van der Waals surface area contributed by atoms with Crippen molar-refractivity contribution in [2.75, 3.05) is 13.1 Å². The summed E-state index contributed by atoms with van der Waals surface area (Å²) in [4.78, 5) is 15.5. The number of carbonyl (C=O) groups is 1. The summed E-state index contributed by atoms with van der Waals surface area (Å²) in [7, 11) is 0. The van der Waals surface area contributed by atoms with Crippen molar-refractivity contribution in [1.82, 2.24) is 19.5 Å². The molecule has 0 radical (unpaired) electrons. The van der Waals surface area contributed by atoms with E-state index in [0.29, 0.717) is 6.54 Å². The third-order valence-corrected chi connectivity index (χ3v) is 5.21. The van der Waals surface area contributed by atoms with Crippen LogP contribution in [0.15, 0.2) is 48.0 Å². The van der Waals surface area contributed by atoms with E-state index >= 15 is 0 Å². The molecule has 0 bridgehead atoms. The first-order valence-electron chi connectivity index (χ1n) is 8.11. The van der Waals surface area contributed by atoms with Crippen LogP contribution >= 0.6 is 11.3 Å². The lowest BCUT2D eigenvalue weighted by Gasteiger charge is -2.31. The van der Waals surface area contributed by atoms with Crippen molar-refractivity contribution in [3.63, 3.8) is 0 Å². The maximum Gasteiger partial charge on any atom is 0.246 e. The van der Waals surface area contributed by atoms with Crippen LogP contribution in [0.25, 0.3) is 11.7 Å². The minimum Gasteiger partial charge on any atom is -0.338 e. The summed E-state index contributed by atoms with van der Waals surface area (Å²) in [5, 5.41) is 10.6. The van der Waals surface area contributed by atoms with E-state index < -0.39 is 0 Å². The van der Waals surface area contributed by atoms with E-state index in [4.69, 9.17) is 0 Å². The van der Waals surface area contributed by atoms with Gasteiger partial charge in [-0.15, -0.1) is 21.5 Å². The number of rotatable bonds is 3. The van der Waals surface area contributed by atoms with Crippen molar-refractivity contribution < 1.29 is 4.79 Å². The van der Waals surface area contributed by atoms with Gasteiger partial charge in [-0.3, -0.25) is 9.20 Å². The van der Waals surface area contributed by atoms with E-state index in [1.165, 1.54) is 0 Å². The molecule has 1 unspecified atom stereocenters. The number of likely N-dealkylation sites (tertiary alicyclic amines) is 1. The summed E-state index contributed by atoms with van der Waals surface area (Å²) in [6.45, 7) is 1.50. The Kier molecular flexibility index (Phi) is 4.13. The number of thiophene rings is 1. The fourth-order valence-electron chi connectivity index (χ4n) is 3.17. The van der Waals surface area contributed by atoms with Gasteiger partial charge >= 0.3 is 0 Å². The number of amides is 1. The highest BCUT2D eigenvalue weighted by molar-refractivity contribution is 7.10. The highest BCUT2D eigenvalue weighted by Gasteiger charge is 2.26. The predicted molar refractivity (Wildman–Crippen MR) is 94.9 cm³/mol. The number of hydrogen-bond donors (Lipinski definition) is 0. The molecule has 0 saturated carbocycles. The molecule has 5 nitrogen and oxygen atoms in total. The van der Waals surface area contributed by atoms with Gasteiger partial charge in [0.1, 0.15) is 5.82 Å². The van der Waals surface area contributed by atoms with Gasteiger partial charge in [0.05, 0.1) is 0 Å². The molecule has 4 heterocycles. The van der Waals surface area contributed by atoms with Crippen molar-refractivity contribution in [3.8, 4) is 0 Å². The first kappa shape index (κ1) is 15.1. The number of pyridine rings is 1. The number of aromatic nitrogens is 3. The van der Waals surface area contributed by atoms with Crippen LogP contribution < -0.4 is 0 Å². The summed E-state index contributed by atoms with van der Waals surface area (Å²) in [6.07, 6.45) is 7.58. The van der Waals surface area contributed by atoms with Crippen molar-refractivity contribution in [3.05, 3.63) is 58.7 Å². The number of nitrogens with zero attached hydrogens (tertiary/aromatic N) is 4. The van der Waals surface area contributed by atoms with Gasteiger partial charge in [-0.25, -0.2) is 0 Å². The van der Waals surface area contributed by atoms with Gasteiger partial charge in [-0.05, 0) is 42.5 Å². The normalized spacial score (nSPS) is 18.5. The Morgan fingerprint density at radius 1 is 1.25 bits per heavy atom. The summed E-state index contributed by atoms with van der Waals surface area (Å²) in [5.41, 5.74) is 0.855. The van der Waals surface area contributed by atoms with E-state index in [1.807, 2.05) is 57.3 Å². The monoisotopic (exact) mass is 338 g/mol. The van der Waals surface area contributed by atoms with Crippen LogP contribution in [0.5, 0.6) is 0 Å². The average Bonchev–Trinajstić information content (AvgIpc) is 3.29. The number of carbonyl (C=O) groups excluding carboxylic acids is 1. The Hall–Kier alpha value is -2.47. The zero-order valence-electron chi connectivity index (χ0n) is 13.2. The smallest absolute Gasteiger partial charge is 0.246 e. The third kappa shape index (κ3) is 2.97. The molecular weight excluding hydrogens is 320 g/mol. The van der Waals surface area contributed by atoms with Crippen molar-refractivity contribution >= 4 is 29.0 Å². The van der Waals surface area contributed by atoms with Crippen LogP contribution in [0.2, 0.25) is 0 Å². The van der Waals surface area contributed by atoms with Crippen molar-refractivity contribution in [2.24, 2.45) is 0 Å². The highest BCUT2D eigenvalue weighted by atomic mass is 32.1. The van der Waals surface area contributed by atoms with Crippen LogP contribution in [0.1, 0.15) is 29.5 Å². The molecule has 0 spiro atoms. The molecule has 1 aliphatic heterocycles. The summed E-state index contributed by atoms with van der Waals surface area (Å²) in [5.74, 6) is 1.25. The minimum atomic E-state index is 0.0712. The standard InChI is InChI=1S/C18H18N4OS/c23-17(9-8-15-6-4-12-24-15)21-10-3-5-14(13-21)18-20-19-16-7-1-2-11-22(16)18/h1-2,4,6-9,11-12,14H,3,5,10,13H2. The van der Waals surface area contributed by atoms with Gasteiger partial charge < -0.3 is 4.90 Å². The molecule has 1 atom stereocenters. The Morgan fingerprint density at radius 2 is 2.21 bits per heavy atom. The Labute approximate surface area is 144 Å². The minimum absolute atomic E-state index is 0.0712. The lowest BCUT2D eigenvalue weighted by Crippen LogP contribution is -2.38. The molecule has 0 aromatic carbocycles. The molecule has 6 heteroatoms. The van der Waals surface area contributed by atoms with E-state index in [2.05, 4.69) is 10.2 Å². The molecule has 1 saturated heterocycles. The third-order valence-electron chi connectivity index (χ3n) is 4.37. The molecule has 0 aliphatic carbocycles. The maximum atomic E-state index is 12.5. The summed E-state index contributed by atoms with van der Waals surface area (Å²) in [6, 6.07) is 9.89. The fourth-order valence-corrected chi connectivity index (χ4v) is 3.79. The van der Waals surface area contributed by atoms with Gasteiger partial charge in [0.15, 0.2) is 5.65 Å². The molecule has 4 rings (SSSR count). The van der Waals surface area contributed by atoms with Crippen LogP contribution in [-0.2, 0) is 4.79 Å². The Balaban J connectivity index is 1.50. The highest BCUT2D eigenvalue weighted by Crippen LogP contribution is 2.26. The van der Waals surface area contributed by atoms with E-state index in [1.54, 1.807) is 17.4 Å². The van der Waals surface area contributed by atoms with Gasteiger partial charge in [-0.2, -0.15) is 0 Å². The van der Waals surface area contributed by atoms with E-state index in [0.717, 1.165) is 35.7 Å². The second-order valence-electron chi connectivity index (χ2n) is 5.96. The molecule has 1 aliphatic rings. The largest absolute Gasteiger partial charge is 0.338 e. The van der Waals surface area contributed by atoms with Gasteiger partial charge in [0, 0.05) is 36.2 Å². The van der Waals surface area contributed by atoms with Gasteiger partial charge in [-0.1, -0.05) is 12.1 Å². The SMILES string of the molecule is O=C(C=Cc1cccs1)N1CCCC(c2nnc3ccccn23)C1. The maximum absolute atomic E-state index is 12.5. The van der Waals surface area contributed by atoms with E-state index in [-0.39, 0.29) is 11.8 Å². The molecule has 3 aromatic rings. The van der Waals surface area contributed by atoms with Crippen molar-refractivity contribution in [1.29, 1.82) is 0 Å². The molecular formula is C18H18N4OS. The zero-order chi connectivity index (χ0) is 16.4. The fraction of sp³-hybridized carbons (Fsp3) is 0.278. The summed E-state index contributed by atoms with van der Waals surface area (Å²) < 4.78 is 2.03. The predicted octanol–water partition coefficient (Wildman–Crippen LogP) is 3.21. The molecule has 122 valence electrons. The van der Waals surface area contributed by atoms with Gasteiger partial charge in [0.2, 0.25) is 5.91 Å². The Morgan fingerprint density at radius 3 is 3.08 bits per heavy atom. The molecule has 1 fully saturated rings. The lowest BCUT2D eigenvalue weighted by molar-refractivity contribution is -0.127. The topological polar surface area (TPSA) is 50.5 Å². The van der Waals surface area contributed by atoms with Gasteiger partial charge in [0.25, 0.3) is 0 Å². The quantitative estimate of drug-likeness (QED) is 0.689. The average molecular weight is 338 g/mol. The number of fused-ring (bicyclic) bond motifs is 1.